The Hall–Kier alpha value is -1.47. The number of nitrogens with zero attached hydrogens (tertiary/aromatic N) is 1. The van der Waals surface area contributed by atoms with E-state index in [0.717, 1.165) is 4.90 Å². The summed E-state index contributed by atoms with van der Waals surface area (Å²) < 4.78 is 15.8. The van der Waals surface area contributed by atoms with E-state index in [2.05, 4.69) is 0 Å². The number of carbonyl (C=O) groups is 3. The van der Waals surface area contributed by atoms with Gasteiger partial charge in [-0.05, 0) is 19.8 Å². The summed E-state index contributed by atoms with van der Waals surface area (Å²) in [5.74, 6) is -1.41. The van der Waals surface area contributed by atoms with Crippen molar-refractivity contribution in [2.75, 3.05) is 26.4 Å². The van der Waals surface area contributed by atoms with Gasteiger partial charge in [0.05, 0.1) is 19.8 Å². The summed E-state index contributed by atoms with van der Waals surface area (Å²) in [6.07, 6.45) is 2.06. The topological polar surface area (TPSA) is 82.1 Å². The molecule has 7 nitrogen and oxygen atoms in total. The van der Waals surface area contributed by atoms with E-state index in [0.29, 0.717) is 38.8 Å². The molecular weight excluding hydrogens is 278 g/mol. The minimum absolute atomic E-state index is 0.112. The average molecular weight is 299 g/mol. The zero-order valence-corrected chi connectivity index (χ0v) is 12.2. The van der Waals surface area contributed by atoms with E-state index in [1.807, 2.05) is 6.92 Å². The fourth-order valence-corrected chi connectivity index (χ4v) is 2.64. The molecule has 0 bridgehead atoms. The Labute approximate surface area is 123 Å². The van der Waals surface area contributed by atoms with Gasteiger partial charge in [0.1, 0.15) is 12.9 Å². The predicted molar refractivity (Wildman–Crippen MR) is 71.4 cm³/mol. The maximum Gasteiger partial charge on any atom is 0.416 e. The van der Waals surface area contributed by atoms with E-state index >= 15 is 0 Å². The number of rotatable bonds is 7. The molecule has 0 saturated carbocycles. The van der Waals surface area contributed by atoms with Gasteiger partial charge < -0.3 is 19.0 Å². The number of amides is 2. The third kappa shape index (κ3) is 4.01. The van der Waals surface area contributed by atoms with Crippen LogP contribution in [-0.2, 0) is 23.8 Å². The molecule has 0 spiro atoms. The molecule has 21 heavy (non-hydrogen) atoms. The Morgan fingerprint density at radius 2 is 2.10 bits per heavy atom. The number of cyclic esters (lactones) is 1. The largest absolute Gasteiger partial charge is 0.447 e. The first-order valence-corrected chi connectivity index (χ1v) is 7.25. The molecule has 2 saturated heterocycles. The lowest BCUT2D eigenvalue weighted by atomic mass is 9.96. The zero-order chi connectivity index (χ0) is 15.3. The summed E-state index contributed by atoms with van der Waals surface area (Å²) in [7, 11) is 0. The zero-order valence-electron chi connectivity index (χ0n) is 12.2. The summed E-state index contributed by atoms with van der Waals surface area (Å²) in [5, 5.41) is 0. The second-order valence-corrected chi connectivity index (χ2v) is 5.43. The van der Waals surface area contributed by atoms with Gasteiger partial charge in [0, 0.05) is 18.8 Å². The summed E-state index contributed by atoms with van der Waals surface area (Å²) in [4.78, 5) is 35.5. The van der Waals surface area contributed by atoms with Gasteiger partial charge in [-0.3, -0.25) is 4.79 Å². The van der Waals surface area contributed by atoms with E-state index < -0.39 is 17.8 Å². The minimum Gasteiger partial charge on any atom is -0.447 e. The van der Waals surface area contributed by atoms with E-state index in [9.17, 15) is 14.4 Å². The van der Waals surface area contributed by atoms with Crippen LogP contribution in [0.3, 0.4) is 0 Å². The molecule has 0 radical (unpaired) electrons. The fraction of sp³-hybridized carbons (Fsp3) is 0.786. The summed E-state index contributed by atoms with van der Waals surface area (Å²) >= 11 is 0. The predicted octanol–water partition coefficient (Wildman–Crippen LogP) is 1.10. The molecule has 2 heterocycles. The van der Waals surface area contributed by atoms with Gasteiger partial charge in [0.2, 0.25) is 5.91 Å². The third-order valence-electron chi connectivity index (χ3n) is 3.84. The molecule has 0 N–H and O–H groups in total. The van der Waals surface area contributed by atoms with Crippen LogP contribution in [0.2, 0.25) is 0 Å². The van der Waals surface area contributed by atoms with Crippen LogP contribution >= 0.6 is 0 Å². The van der Waals surface area contributed by atoms with Gasteiger partial charge >= 0.3 is 6.09 Å². The highest BCUT2D eigenvalue weighted by Crippen LogP contribution is 2.27. The first kappa shape index (κ1) is 15.9. The van der Waals surface area contributed by atoms with E-state index in [4.69, 9.17) is 14.2 Å². The van der Waals surface area contributed by atoms with Gasteiger partial charge in [-0.1, -0.05) is 0 Å². The lowest BCUT2D eigenvalue weighted by Gasteiger charge is -2.23. The first-order chi connectivity index (χ1) is 10.1. The monoisotopic (exact) mass is 299 g/mol. The van der Waals surface area contributed by atoms with Crippen molar-refractivity contribution in [1.29, 1.82) is 0 Å². The number of aldehydes is 1. The van der Waals surface area contributed by atoms with Crippen molar-refractivity contribution in [2.45, 2.75) is 38.4 Å². The van der Waals surface area contributed by atoms with Crippen LogP contribution in [0.25, 0.3) is 0 Å². The van der Waals surface area contributed by atoms with Crippen molar-refractivity contribution in [3.63, 3.8) is 0 Å². The first-order valence-electron chi connectivity index (χ1n) is 7.25. The van der Waals surface area contributed by atoms with Crippen molar-refractivity contribution in [3.05, 3.63) is 0 Å². The van der Waals surface area contributed by atoms with Gasteiger partial charge in [-0.25, -0.2) is 9.69 Å². The Balaban J connectivity index is 1.84. The van der Waals surface area contributed by atoms with Crippen molar-refractivity contribution in [1.82, 2.24) is 4.90 Å². The summed E-state index contributed by atoms with van der Waals surface area (Å²) in [5.41, 5.74) is 0. The number of ether oxygens (including phenoxy) is 3. The highest BCUT2D eigenvalue weighted by Gasteiger charge is 2.34. The smallest absolute Gasteiger partial charge is 0.416 e. The molecule has 0 aliphatic carbocycles. The highest BCUT2D eigenvalue weighted by atomic mass is 16.7. The molecule has 2 rings (SSSR count). The number of hydrogen-bond acceptors (Lipinski definition) is 6. The molecule has 2 amide bonds. The lowest BCUT2D eigenvalue weighted by molar-refractivity contribution is -0.149. The van der Waals surface area contributed by atoms with Crippen LogP contribution in [-0.4, -0.2) is 55.3 Å². The van der Waals surface area contributed by atoms with E-state index in [1.165, 1.54) is 0 Å². The summed E-state index contributed by atoms with van der Waals surface area (Å²) in [6.45, 7) is 3.50. The van der Waals surface area contributed by atoms with Crippen molar-refractivity contribution < 1.29 is 28.6 Å². The Morgan fingerprint density at radius 3 is 2.67 bits per heavy atom. The number of imide groups is 1. The second kappa shape index (κ2) is 7.00. The van der Waals surface area contributed by atoms with Gasteiger partial charge in [0.25, 0.3) is 0 Å². The Kier molecular flexibility index (Phi) is 5.30. The molecule has 2 aliphatic rings. The molecule has 0 aromatic heterocycles. The van der Waals surface area contributed by atoms with Crippen LogP contribution in [0.4, 0.5) is 4.79 Å². The third-order valence-corrected chi connectivity index (χ3v) is 3.84. The Bertz CT molecular complexity index is 404. The maximum atomic E-state index is 12.3. The average Bonchev–Trinajstić information content (AvgIpc) is 3.06. The molecule has 1 atom stereocenters. The quantitative estimate of drug-likeness (QED) is 0.655. The standard InChI is InChI=1S/C14H21NO6/c1-14(20-9-10-21-14)5-2-3-11(4-7-16)12(17)15-6-8-19-13(15)18/h7,11H,2-6,8-10H2,1H3. The molecular formula is C14H21NO6. The highest BCUT2D eigenvalue weighted by molar-refractivity contribution is 5.94. The van der Waals surface area contributed by atoms with Gasteiger partial charge in [0.15, 0.2) is 5.79 Å². The van der Waals surface area contributed by atoms with Crippen molar-refractivity contribution in [2.24, 2.45) is 5.92 Å². The molecule has 7 heteroatoms. The minimum atomic E-state index is -0.620. The number of hydrogen-bond donors (Lipinski definition) is 0. The molecule has 1 unspecified atom stereocenters. The second-order valence-electron chi connectivity index (χ2n) is 5.43. The molecule has 2 aliphatic heterocycles. The maximum absolute atomic E-state index is 12.3. The van der Waals surface area contributed by atoms with Crippen molar-refractivity contribution in [3.8, 4) is 0 Å². The van der Waals surface area contributed by atoms with Crippen LogP contribution in [0.5, 0.6) is 0 Å². The SMILES string of the molecule is CC1(CCCC(CC=O)C(=O)N2CCOC2=O)OCCO1. The molecule has 118 valence electrons. The molecule has 0 aromatic carbocycles. The van der Waals surface area contributed by atoms with Crippen LogP contribution in [0.1, 0.15) is 32.6 Å². The van der Waals surface area contributed by atoms with Gasteiger partial charge in [-0.2, -0.15) is 0 Å². The van der Waals surface area contributed by atoms with Crippen LogP contribution in [0.15, 0.2) is 0 Å². The van der Waals surface area contributed by atoms with Crippen molar-refractivity contribution >= 4 is 18.3 Å². The van der Waals surface area contributed by atoms with E-state index in [-0.39, 0.29) is 25.5 Å². The molecule has 0 aromatic rings. The molecule has 2 fully saturated rings. The van der Waals surface area contributed by atoms with E-state index in [1.54, 1.807) is 0 Å². The van der Waals surface area contributed by atoms with Crippen LogP contribution in [0, 0.1) is 5.92 Å². The van der Waals surface area contributed by atoms with Crippen LogP contribution < -0.4 is 0 Å². The lowest BCUT2D eigenvalue weighted by Crippen LogP contribution is -2.37. The normalized spacial score (nSPS) is 22.1. The number of carbonyl (C=O) groups excluding carboxylic acids is 3. The van der Waals surface area contributed by atoms with Gasteiger partial charge in [-0.15, -0.1) is 0 Å². The summed E-state index contributed by atoms with van der Waals surface area (Å²) in [6, 6.07) is 0. The Morgan fingerprint density at radius 1 is 1.38 bits per heavy atom. The fourth-order valence-electron chi connectivity index (χ4n) is 2.64.